The zero-order chi connectivity index (χ0) is 15.1. The van der Waals surface area contributed by atoms with Crippen LogP contribution in [0, 0.1) is 5.41 Å². The zero-order valence-electron chi connectivity index (χ0n) is 11.4. The number of ether oxygens (including phenoxy) is 1. The van der Waals surface area contributed by atoms with Crippen molar-refractivity contribution in [2.24, 2.45) is 19.5 Å². The van der Waals surface area contributed by atoms with Gasteiger partial charge in [0.15, 0.2) is 0 Å². The van der Waals surface area contributed by atoms with Crippen LogP contribution in [0.5, 0.6) is 0 Å². The van der Waals surface area contributed by atoms with Gasteiger partial charge < -0.3 is 15.2 Å². The van der Waals surface area contributed by atoms with Gasteiger partial charge in [0.2, 0.25) is 5.82 Å². The molecule has 0 spiro atoms. The fourth-order valence-corrected chi connectivity index (χ4v) is 2.04. The molecule has 2 N–H and O–H groups in total. The van der Waals surface area contributed by atoms with Crippen molar-refractivity contribution in [3.63, 3.8) is 0 Å². The summed E-state index contributed by atoms with van der Waals surface area (Å²) in [4.78, 5) is 34.8. The maximum absolute atomic E-state index is 11.9. The van der Waals surface area contributed by atoms with E-state index in [9.17, 15) is 19.5 Å². The Labute approximate surface area is 113 Å². The van der Waals surface area contributed by atoms with E-state index >= 15 is 0 Å². The van der Waals surface area contributed by atoms with Gasteiger partial charge in [0.05, 0.1) is 19.3 Å². The van der Waals surface area contributed by atoms with Crippen LogP contribution in [0.1, 0.15) is 6.92 Å². The second-order valence-corrected chi connectivity index (χ2v) is 5.05. The number of anilines is 1. The second kappa shape index (κ2) is 4.75. The number of nitrogens with one attached hydrogen (secondary N) is 1. The summed E-state index contributed by atoms with van der Waals surface area (Å²) < 4.78 is 7.10. The van der Waals surface area contributed by atoms with Crippen LogP contribution < -0.4 is 16.6 Å². The SMILES string of the molecule is Cn1nc(NC2COCC2(C)C(=O)O)c(=O)n(C)c1=O. The summed E-state index contributed by atoms with van der Waals surface area (Å²) in [6.45, 7) is 1.73. The van der Waals surface area contributed by atoms with Gasteiger partial charge in [-0.15, -0.1) is 5.10 Å². The zero-order valence-corrected chi connectivity index (χ0v) is 11.4. The number of carboxylic acid groups (broad SMARTS) is 1. The van der Waals surface area contributed by atoms with Crippen molar-refractivity contribution in [3.8, 4) is 0 Å². The second-order valence-electron chi connectivity index (χ2n) is 5.05. The van der Waals surface area contributed by atoms with E-state index in [0.29, 0.717) is 0 Å². The molecule has 20 heavy (non-hydrogen) atoms. The van der Waals surface area contributed by atoms with Gasteiger partial charge in [-0.3, -0.25) is 14.2 Å². The molecule has 1 aromatic heterocycles. The van der Waals surface area contributed by atoms with Crippen molar-refractivity contribution in [1.82, 2.24) is 14.3 Å². The molecule has 0 aromatic carbocycles. The molecule has 110 valence electrons. The minimum Gasteiger partial charge on any atom is -0.481 e. The van der Waals surface area contributed by atoms with E-state index in [1.54, 1.807) is 0 Å². The van der Waals surface area contributed by atoms with Crippen LogP contribution in [0.15, 0.2) is 9.59 Å². The fraction of sp³-hybridized carbons (Fsp3) is 0.636. The Morgan fingerprint density at radius 3 is 2.75 bits per heavy atom. The number of nitrogens with zero attached hydrogens (tertiary/aromatic N) is 3. The highest BCUT2D eigenvalue weighted by atomic mass is 16.5. The molecule has 1 aliphatic heterocycles. The lowest BCUT2D eigenvalue weighted by Gasteiger charge is -2.25. The molecule has 2 rings (SSSR count). The van der Waals surface area contributed by atoms with Crippen molar-refractivity contribution >= 4 is 11.8 Å². The highest BCUT2D eigenvalue weighted by Gasteiger charge is 2.47. The fourth-order valence-electron chi connectivity index (χ4n) is 2.04. The summed E-state index contributed by atoms with van der Waals surface area (Å²) >= 11 is 0. The van der Waals surface area contributed by atoms with Crippen LogP contribution in [0.3, 0.4) is 0 Å². The number of carbonyl (C=O) groups is 1. The number of aryl methyl sites for hydroxylation is 1. The van der Waals surface area contributed by atoms with Gasteiger partial charge >= 0.3 is 11.7 Å². The lowest BCUT2D eigenvalue weighted by atomic mass is 9.85. The lowest BCUT2D eigenvalue weighted by molar-refractivity contribution is -0.148. The molecule has 0 amide bonds. The summed E-state index contributed by atoms with van der Waals surface area (Å²) in [6, 6.07) is -0.599. The Balaban J connectivity index is 2.39. The first-order valence-corrected chi connectivity index (χ1v) is 5.99. The molecule has 1 saturated heterocycles. The summed E-state index contributed by atoms with van der Waals surface area (Å²) in [6.07, 6.45) is 0. The van der Waals surface area contributed by atoms with Crippen LogP contribution in [0.2, 0.25) is 0 Å². The quantitative estimate of drug-likeness (QED) is 0.685. The van der Waals surface area contributed by atoms with E-state index in [-0.39, 0.29) is 19.0 Å². The predicted octanol–water partition coefficient (Wildman–Crippen LogP) is -1.62. The molecule has 2 unspecified atom stereocenters. The minimum absolute atomic E-state index is 0.0477. The molecule has 0 saturated carbocycles. The number of aliphatic carboxylic acids is 1. The van der Waals surface area contributed by atoms with E-state index in [2.05, 4.69) is 10.4 Å². The summed E-state index contributed by atoms with van der Waals surface area (Å²) in [5.74, 6) is -1.09. The number of rotatable bonds is 3. The van der Waals surface area contributed by atoms with E-state index in [1.165, 1.54) is 21.0 Å². The Morgan fingerprint density at radius 1 is 1.50 bits per heavy atom. The van der Waals surface area contributed by atoms with Crippen LogP contribution in [-0.2, 0) is 23.6 Å². The molecule has 0 aliphatic carbocycles. The molecule has 2 atom stereocenters. The standard InChI is InChI=1S/C11H16N4O5/c1-11(9(17)18)5-20-4-6(11)12-7-8(16)14(2)10(19)15(3)13-7/h6H,4-5H2,1-3H3,(H,12,13)(H,17,18). The van der Waals surface area contributed by atoms with Crippen molar-refractivity contribution in [3.05, 3.63) is 20.8 Å². The van der Waals surface area contributed by atoms with Crippen molar-refractivity contribution in [2.75, 3.05) is 18.5 Å². The normalized spacial score (nSPS) is 25.6. The average molecular weight is 284 g/mol. The summed E-state index contributed by atoms with van der Waals surface area (Å²) in [5, 5.41) is 15.9. The third-order valence-electron chi connectivity index (χ3n) is 3.58. The first kappa shape index (κ1) is 14.3. The van der Waals surface area contributed by atoms with Crippen molar-refractivity contribution < 1.29 is 14.6 Å². The summed E-state index contributed by atoms with van der Waals surface area (Å²) in [5.41, 5.74) is -2.31. The molecule has 9 nitrogen and oxygen atoms in total. The van der Waals surface area contributed by atoms with Crippen molar-refractivity contribution in [2.45, 2.75) is 13.0 Å². The number of hydrogen-bond acceptors (Lipinski definition) is 6. The van der Waals surface area contributed by atoms with E-state index < -0.39 is 28.7 Å². The summed E-state index contributed by atoms with van der Waals surface area (Å²) in [7, 11) is 2.74. The largest absolute Gasteiger partial charge is 0.481 e. The highest BCUT2D eigenvalue weighted by molar-refractivity contribution is 5.76. The molecule has 1 fully saturated rings. The van der Waals surface area contributed by atoms with Crippen LogP contribution in [0.25, 0.3) is 0 Å². The molecule has 0 bridgehead atoms. The highest BCUT2D eigenvalue weighted by Crippen LogP contribution is 2.30. The van der Waals surface area contributed by atoms with Crippen LogP contribution in [-0.4, -0.2) is 44.7 Å². The molecule has 9 heteroatoms. The first-order valence-electron chi connectivity index (χ1n) is 5.99. The third kappa shape index (κ3) is 2.09. The monoisotopic (exact) mass is 284 g/mol. The maximum Gasteiger partial charge on any atom is 0.346 e. The van der Waals surface area contributed by atoms with Crippen molar-refractivity contribution in [1.29, 1.82) is 0 Å². The molecule has 1 aliphatic rings. The molecular weight excluding hydrogens is 268 g/mol. The van der Waals surface area contributed by atoms with Gasteiger partial charge in [-0.1, -0.05) is 0 Å². The molecule has 0 radical (unpaired) electrons. The number of carboxylic acids is 1. The van der Waals surface area contributed by atoms with E-state index in [4.69, 9.17) is 4.74 Å². The number of hydrogen-bond donors (Lipinski definition) is 2. The van der Waals surface area contributed by atoms with E-state index in [1.807, 2.05) is 0 Å². The lowest BCUT2D eigenvalue weighted by Crippen LogP contribution is -2.47. The first-order chi connectivity index (χ1) is 9.27. The number of aromatic nitrogens is 3. The van der Waals surface area contributed by atoms with Gasteiger partial charge in [-0.2, -0.15) is 0 Å². The van der Waals surface area contributed by atoms with Gasteiger partial charge in [-0.25, -0.2) is 9.48 Å². The van der Waals surface area contributed by atoms with Gasteiger partial charge in [0, 0.05) is 14.1 Å². The Hall–Kier alpha value is -2.16. The third-order valence-corrected chi connectivity index (χ3v) is 3.58. The van der Waals surface area contributed by atoms with Gasteiger partial charge in [-0.05, 0) is 6.92 Å². The smallest absolute Gasteiger partial charge is 0.346 e. The minimum atomic E-state index is -1.15. The predicted molar refractivity (Wildman–Crippen MR) is 68.7 cm³/mol. The van der Waals surface area contributed by atoms with Crippen LogP contribution in [0.4, 0.5) is 5.82 Å². The Bertz CT molecular complexity index is 664. The average Bonchev–Trinajstić information content (AvgIpc) is 2.76. The van der Waals surface area contributed by atoms with Gasteiger partial charge in [0.25, 0.3) is 5.56 Å². The topological polar surface area (TPSA) is 115 Å². The maximum atomic E-state index is 11.9. The Morgan fingerprint density at radius 2 is 2.15 bits per heavy atom. The van der Waals surface area contributed by atoms with E-state index in [0.717, 1.165) is 9.25 Å². The molecular formula is C11H16N4O5. The van der Waals surface area contributed by atoms with Gasteiger partial charge in [0.1, 0.15) is 5.41 Å². The molecule has 1 aromatic rings. The molecule has 2 heterocycles. The van der Waals surface area contributed by atoms with Crippen LogP contribution >= 0.6 is 0 Å². The Kier molecular flexibility index (Phi) is 3.38.